The molecule has 0 bridgehead atoms. The minimum Gasteiger partial charge on any atom is -0.339 e. The highest BCUT2D eigenvalue weighted by molar-refractivity contribution is 5.34. The van der Waals surface area contributed by atoms with Crippen molar-refractivity contribution >= 4 is 0 Å². The molecule has 0 aliphatic carbocycles. The van der Waals surface area contributed by atoms with Crippen LogP contribution in [0.5, 0.6) is 0 Å². The van der Waals surface area contributed by atoms with E-state index in [-0.39, 0.29) is 12.1 Å². The molecule has 3 rings (SSSR count). The highest BCUT2D eigenvalue weighted by Gasteiger charge is 2.45. The van der Waals surface area contributed by atoms with E-state index in [1.165, 1.54) is 0 Å². The van der Waals surface area contributed by atoms with Gasteiger partial charge < -0.3 is 15.2 Å². The molecule has 0 aromatic heterocycles. The molecular weight excluding hydrogens is 250 g/mol. The van der Waals surface area contributed by atoms with Crippen LogP contribution in [0.15, 0.2) is 60.7 Å². The number of ether oxygens (including phenoxy) is 2. The van der Waals surface area contributed by atoms with E-state index in [2.05, 4.69) is 0 Å². The summed E-state index contributed by atoms with van der Waals surface area (Å²) in [5.74, 6) is -0.846. The zero-order chi connectivity index (χ0) is 14.0. The Kier molecular flexibility index (Phi) is 3.57. The van der Waals surface area contributed by atoms with Gasteiger partial charge in [0.15, 0.2) is 0 Å². The van der Waals surface area contributed by atoms with Crippen LogP contribution in [0.2, 0.25) is 0 Å². The lowest BCUT2D eigenvalue weighted by atomic mass is 9.97. The number of nitrogens with two attached hydrogens (primary N) is 1. The zero-order valence-electron chi connectivity index (χ0n) is 11.5. The first kappa shape index (κ1) is 13.3. The van der Waals surface area contributed by atoms with Gasteiger partial charge in [0.05, 0.1) is 12.7 Å². The van der Waals surface area contributed by atoms with E-state index in [9.17, 15) is 0 Å². The average molecular weight is 269 g/mol. The Balaban J connectivity index is 2.06. The van der Waals surface area contributed by atoms with Crippen LogP contribution < -0.4 is 5.73 Å². The van der Waals surface area contributed by atoms with Gasteiger partial charge in [0.2, 0.25) is 5.79 Å². The molecule has 0 unspecified atom stereocenters. The van der Waals surface area contributed by atoms with E-state index in [1.54, 1.807) is 0 Å². The van der Waals surface area contributed by atoms with Crippen molar-refractivity contribution < 1.29 is 9.47 Å². The maximum atomic E-state index is 6.24. The standard InChI is InChI=1S/C17H19NO2/c1-13(18)16-12-19-17(20-16,14-8-4-2-5-9-14)15-10-6-3-7-11-15/h2-11,13,16H,12,18H2,1H3/t13-,16+/m1/s1. The largest absolute Gasteiger partial charge is 0.339 e. The van der Waals surface area contributed by atoms with Crippen LogP contribution in [-0.2, 0) is 15.3 Å². The van der Waals surface area contributed by atoms with E-state index < -0.39 is 5.79 Å². The Hall–Kier alpha value is -1.68. The number of hydrogen-bond donors (Lipinski definition) is 1. The molecule has 1 heterocycles. The molecule has 2 aromatic carbocycles. The summed E-state index contributed by atoms with van der Waals surface area (Å²) in [5.41, 5.74) is 7.96. The van der Waals surface area contributed by atoms with E-state index in [1.807, 2.05) is 67.6 Å². The molecule has 0 amide bonds. The average Bonchev–Trinajstić information content (AvgIpc) is 2.96. The molecule has 2 N–H and O–H groups in total. The van der Waals surface area contributed by atoms with E-state index >= 15 is 0 Å². The molecule has 1 saturated heterocycles. The first-order valence-corrected chi connectivity index (χ1v) is 6.91. The second-order valence-electron chi connectivity index (χ2n) is 5.18. The van der Waals surface area contributed by atoms with Gasteiger partial charge in [-0.3, -0.25) is 0 Å². The molecule has 3 nitrogen and oxygen atoms in total. The third-order valence-electron chi connectivity index (χ3n) is 3.66. The van der Waals surface area contributed by atoms with E-state index in [0.29, 0.717) is 6.61 Å². The molecule has 1 fully saturated rings. The van der Waals surface area contributed by atoms with Crippen LogP contribution in [0.3, 0.4) is 0 Å². The van der Waals surface area contributed by atoms with Crippen molar-refractivity contribution in [2.75, 3.05) is 6.61 Å². The van der Waals surface area contributed by atoms with Crippen molar-refractivity contribution in [1.29, 1.82) is 0 Å². The predicted molar refractivity (Wildman–Crippen MR) is 78.1 cm³/mol. The van der Waals surface area contributed by atoms with Gasteiger partial charge in [-0.1, -0.05) is 60.7 Å². The molecule has 0 radical (unpaired) electrons. The number of benzene rings is 2. The van der Waals surface area contributed by atoms with E-state index in [4.69, 9.17) is 15.2 Å². The molecule has 2 atom stereocenters. The molecule has 20 heavy (non-hydrogen) atoms. The van der Waals surface area contributed by atoms with Crippen LogP contribution in [-0.4, -0.2) is 18.8 Å². The Morgan fingerprint density at radius 1 is 1.00 bits per heavy atom. The lowest BCUT2D eigenvalue weighted by molar-refractivity contribution is -0.144. The summed E-state index contributed by atoms with van der Waals surface area (Å²) in [4.78, 5) is 0. The maximum Gasteiger partial charge on any atom is 0.222 e. The van der Waals surface area contributed by atoms with Crippen molar-refractivity contribution in [2.24, 2.45) is 5.73 Å². The monoisotopic (exact) mass is 269 g/mol. The summed E-state index contributed by atoms with van der Waals surface area (Å²) >= 11 is 0. The highest BCUT2D eigenvalue weighted by Crippen LogP contribution is 2.40. The highest BCUT2D eigenvalue weighted by atomic mass is 16.7. The summed E-state index contributed by atoms with van der Waals surface area (Å²) in [7, 11) is 0. The molecule has 3 heteroatoms. The smallest absolute Gasteiger partial charge is 0.222 e. The zero-order valence-corrected chi connectivity index (χ0v) is 11.5. The van der Waals surface area contributed by atoms with Crippen LogP contribution in [0.1, 0.15) is 18.1 Å². The van der Waals surface area contributed by atoms with Crippen LogP contribution in [0.25, 0.3) is 0 Å². The summed E-state index contributed by atoms with van der Waals surface area (Å²) in [6.07, 6.45) is -0.101. The lowest BCUT2D eigenvalue weighted by Gasteiger charge is -2.29. The molecule has 2 aromatic rings. The normalized spacial score (nSPS) is 22.6. The Morgan fingerprint density at radius 2 is 1.50 bits per heavy atom. The van der Waals surface area contributed by atoms with Gasteiger partial charge in [0.25, 0.3) is 0 Å². The van der Waals surface area contributed by atoms with Crippen LogP contribution >= 0.6 is 0 Å². The molecule has 104 valence electrons. The van der Waals surface area contributed by atoms with Crippen molar-refractivity contribution in [3.63, 3.8) is 0 Å². The Labute approximate surface area is 119 Å². The topological polar surface area (TPSA) is 44.5 Å². The molecule has 1 aliphatic heterocycles. The number of rotatable bonds is 3. The third-order valence-corrected chi connectivity index (χ3v) is 3.66. The SMILES string of the molecule is C[C@@H](N)[C@@H]1COC(c2ccccc2)(c2ccccc2)O1. The number of hydrogen-bond acceptors (Lipinski definition) is 3. The molecule has 1 aliphatic rings. The first-order chi connectivity index (χ1) is 9.72. The van der Waals surface area contributed by atoms with Gasteiger partial charge in [-0.2, -0.15) is 0 Å². The van der Waals surface area contributed by atoms with Gasteiger partial charge in [0.1, 0.15) is 0 Å². The van der Waals surface area contributed by atoms with Crippen molar-refractivity contribution in [3.8, 4) is 0 Å². The van der Waals surface area contributed by atoms with Crippen molar-refractivity contribution in [1.82, 2.24) is 0 Å². The fraction of sp³-hybridized carbons (Fsp3) is 0.294. The quantitative estimate of drug-likeness (QED) is 0.931. The third kappa shape index (κ3) is 2.24. The summed E-state index contributed by atoms with van der Waals surface area (Å²) in [6.45, 7) is 2.45. The van der Waals surface area contributed by atoms with Gasteiger partial charge in [-0.05, 0) is 6.92 Å². The predicted octanol–water partition coefficient (Wildman–Crippen LogP) is 2.65. The minimum atomic E-state index is -0.846. The van der Waals surface area contributed by atoms with Gasteiger partial charge >= 0.3 is 0 Å². The second-order valence-corrected chi connectivity index (χ2v) is 5.18. The van der Waals surface area contributed by atoms with Crippen LogP contribution in [0, 0.1) is 0 Å². The van der Waals surface area contributed by atoms with Crippen molar-refractivity contribution in [2.45, 2.75) is 24.9 Å². The second kappa shape index (κ2) is 5.37. The molecule has 0 spiro atoms. The summed E-state index contributed by atoms with van der Waals surface area (Å²) < 4.78 is 12.3. The fourth-order valence-corrected chi connectivity index (χ4v) is 2.52. The van der Waals surface area contributed by atoms with Crippen molar-refractivity contribution in [3.05, 3.63) is 71.8 Å². The summed E-state index contributed by atoms with van der Waals surface area (Å²) in [6, 6.07) is 20.0. The Morgan fingerprint density at radius 3 is 1.90 bits per heavy atom. The Bertz CT molecular complexity index is 514. The first-order valence-electron chi connectivity index (χ1n) is 6.91. The summed E-state index contributed by atoms with van der Waals surface area (Å²) in [5, 5.41) is 0. The van der Waals surface area contributed by atoms with Crippen LogP contribution in [0.4, 0.5) is 0 Å². The lowest BCUT2D eigenvalue weighted by Crippen LogP contribution is -2.36. The van der Waals surface area contributed by atoms with Gasteiger partial charge in [-0.25, -0.2) is 0 Å². The maximum absolute atomic E-state index is 6.24. The molecular formula is C17H19NO2. The van der Waals surface area contributed by atoms with Gasteiger partial charge in [-0.15, -0.1) is 0 Å². The molecule has 0 saturated carbocycles. The fourth-order valence-electron chi connectivity index (χ4n) is 2.52. The minimum absolute atomic E-state index is 0.0655. The van der Waals surface area contributed by atoms with E-state index in [0.717, 1.165) is 11.1 Å². The van der Waals surface area contributed by atoms with Gasteiger partial charge in [0, 0.05) is 17.2 Å².